The Labute approximate surface area is 193 Å². The summed E-state index contributed by atoms with van der Waals surface area (Å²) in [5, 5.41) is 0. The van der Waals surface area contributed by atoms with Gasteiger partial charge in [0.05, 0.1) is 0 Å². The van der Waals surface area contributed by atoms with E-state index in [0.29, 0.717) is 10.8 Å². The fourth-order valence-corrected chi connectivity index (χ4v) is 25.6. The van der Waals surface area contributed by atoms with Gasteiger partial charge in [0.2, 0.25) is 0 Å². The van der Waals surface area contributed by atoms with Crippen molar-refractivity contribution in [1.82, 2.24) is 0 Å². The first kappa shape index (κ1) is 24.9. The predicted octanol–water partition coefficient (Wildman–Crippen LogP) is 1.59. The van der Waals surface area contributed by atoms with Gasteiger partial charge in [-0.3, -0.25) is 0 Å². The van der Waals surface area contributed by atoms with Crippen LogP contribution in [0.25, 0.3) is 0 Å². The van der Waals surface area contributed by atoms with Gasteiger partial charge in [0.25, 0.3) is 0 Å². The molecule has 2 unspecified atom stereocenters. The Kier molecular flexibility index (Phi) is 8.02. The maximum absolute atomic E-state index is 2.70. The monoisotopic (exact) mass is 512 g/mol. The molecular weight excluding hydrogens is 478 g/mol. The van der Waals surface area contributed by atoms with Gasteiger partial charge < -0.3 is 24.8 Å². The molecule has 0 radical (unpaired) electrons. The maximum atomic E-state index is 2.70. The van der Waals surface area contributed by atoms with E-state index < -0.39 is 20.4 Å². The van der Waals surface area contributed by atoms with Gasteiger partial charge in [-0.15, -0.1) is 0 Å². The number of allylic oxidation sites excluding steroid dienone is 8. The molecule has 4 heteroatoms. The Morgan fingerprint density at radius 3 is 1.54 bits per heavy atom. The number of halogens is 2. The number of hydrogen-bond acceptors (Lipinski definition) is 0. The van der Waals surface area contributed by atoms with Crippen molar-refractivity contribution in [2.45, 2.75) is 86.6 Å². The summed E-state index contributed by atoms with van der Waals surface area (Å²) < 4.78 is 1.81. The van der Waals surface area contributed by atoms with E-state index in [2.05, 4.69) is 65.1 Å². The summed E-state index contributed by atoms with van der Waals surface area (Å²) in [7, 11) is 0. The molecule has 4 rings (SSSR count). The summed E-state index contributed by atoms with van der Waals surface area (Å²) in [6.45, 7) is 15.3. The standard InChI is InChI=1S/2C11H15.C2H6Si.2ClH.Zr/c2*1-11(2)8-4-6-9-5-3-7-10(9)11;1-3-2;;;/h2*3,5,7H,4,6,8H2,1-2H3;1-2H3;2*1H;/q;;;;;+2/p-2. The molecular formula is C24H36Cl2SiZr. The van der Waals surface area contributed by atoms with Crippen LogP contribution < -0.4 is 24.8 Å². The molecule has 0 bridgehead atoms. The summed E-state index contributed by atoms with van der Waals surface area (Å²) in [6.07, 6.45) is 18.9. The zero-order chi connectivity index (χ0) is 18.7. The quantitative estimate of drug-likeness (QED) is 0.491. The molecule has 0 aromatic heterocycles. The van der Waals surface area contributed by atoms with E-state index in [4.69, 9.17) is 0 Å². The van der Waals surface area contributed by atoms with E-state index >= 15 is 0 Å². The third-order valence-corrected chi connectivity index (χ3v) is 26.9. The molecule has 2 atom stereocenters. The molecule has 154 valence electrons. The SMILES string of the molecule is C[Si](C)=[Zr+2]([CH]1C=CC2=C1CCCC2(C)C)[CH]1C=CC2=C1CCCC2(C)C.[Cl-].[Cl-]. The molecule has 0 saturated heterocycles. The summed E-state index contributed by atoms with van der Waals surface area (Å²) in [6, 6.07) is 0. The van der Waals surface area contributed by atoms with Crippen molar-refractivity contribution >= 4 is 5.43 Å². The van der Waals surface area contributed by atoms with E-state index in [0.717, 1.165) is 7.25 Å². The van der Waals surface area contributed by atoms with Crippen LogP contribution in [0, 0.1) is 10.8 Å². The summed E-state index contributed by atoms with van der Waals surface area (Å²) in [4.78, 5) is 0. The van der Waals surface area contributed by atoms with Gasteiger partial charge in [-0.1, -0.05) is 0 Å². The maximum Gasteiger partial charge on any atom is -1.00 e. The van der Waals surface area contributed by atoms with Crippen LogP contribution in [0.5, 0.6) is 0 Å². The van der Waals surface area contributed by atoms with Gasteiger partial charge in [-0.25, -0.2) is 0 Å². The Morgan fingerprint density at radius 1 is 0.786 bits per heavy atom. The van der Waals surface area contributed by atoms with Crippen LogP contribution in [0.1, 0.15) is 66.2 Å². The number of rotatable bonds is 2. The molecule has 28 heavy (non-hydrogen) atoms. The van der Waals surface area contributed by atoms with Crippen molar-refractivity contribution < 1.29 is 45.2 Å². The van der Waals surface area contributed by atoms with Gasteiger partial charge in [-0.2, -0.15) is 0 Å². The van der Waals surface area contributed by atoms with Crippen molar-refractivity contribution in [3.63, 3.8) is 0 Å². The predicted molar refractivity (Wildman–Crippen MR) is 113 cm³/mol. The molecule has 4 aliphatic carbocycles. The zero-order valence-corrected chi connectivity index (χ0v) is 23.4. The molecule has 0 spiro atoms. The van der Waals surface area contributed by atoms with Gasteiger partial charge >= 0.3 is 170 Å². The van der Waals surface area contributed by atoms with Crippen molar-refractivity contribution in [2.75, 3.05) is 0 Å². The van der Waals surface area contributed by atoms with Gasteiger partial charge in [0, 0.05) is 0 Å². The van der Waals surface area contributed by atoms with Crippen LogP contribution in [0.2, 0.25) is 20.3 Å². The third-order valence-electron chi connectivity index (χ3n) is 7.55. The minimum atomic E-state index is -1.62. The molecule has 0 aromatic rings. The topological polar surface area (TPSA) is 0 Å². The second kappa shape index (κ2) is 9.02. The zero-order valence-electron chi connectivity index (χ0n) is 18.5. The van der Waals surface area contributed by atoms with Gasteiger partial charge in [-0.05, 0) is 0 Å². The summed E-state index contributed by atoms with van der Waals surface area (Å²) in [5.41, 5.74) is 7.95. The molecule has 0 aliphatic heterocycles. The Morgan fingerprint density at radius 2 is 1.18 bits per heavy atom. The summed E-state index contributed by atoms with van der Waals surface area (Å²) in [5.74, 6) is 0. The molecule has 0 saturated carbocycles. The Hall–Kier alpha value is 0.640. The van der Waals surface area contributed by atoms with E-state index in [1.54, 1.807) is 11.1 Å². The average molecular weight is 515 g/mol. The number of hydrogen-bond donors (Lipinski definition) is 0. The van der Waals surface area contributed by atoms with E-state index in [1.165, 1.54) is 38.5 Å². The average Bonchev–Trinajstić information content (AvgIpc) is 3.14. The first-order chi connectivity index (χ1) is 12.2. The van der Waals surface area contributed by atoms with Crippen LogP contribution in [0.15, 0.2) is 46.6 Å². The third kappa shape index (κ3) is 4.19. The van der Waals surface area contributed by atoms with Crippen molar-refractivity contribution in [3.8, 4) is 0 Å². The largest absolute Gasteiger partial charge is 1.00 e. The van der Waals surface area contributed by atoms with E-state index in [1.807, 2.05) is 11.1 Å². The molecule has 4 aliphatic rings. The van der Waals surface area contributed by atoms with E-state index in [-0.39, 0.29) is 30.2 Å². The van der Waals surface area contributed by atoms with Crippen molar-refractivity contribution in [1.29, 1.82) is 0 Å². The summed E-state index contributed by atoms with van der Waals surface area (Å²) >= 11 is -1.62. The van der Waals surface area contributed by atoms with Crippen LogP contribution in [0.3, 0.4) is 0 Å². The van der Waals surface area contributed by atoms with Crippen LogP contribution >= 0.6 is 0 Å². The first-order valence-electron chi connectivity index (χ1n) is 10.7. The van der Waals surface area contributed by atoms with Gasteiger partial charge in [0.1, 0.15) is 0 Å². The molecule has 0 fully saturated rings. The Bertz CT molecular complexity index is 731. The van der Waals surface area contributed by atoms with Crippen LogP contribution in [-0.4, -0.2) is 5.43 Å². The molecule has 0 heterocycles. The molecule has 0 aromatic carbocycles. The molecule has 0 N–H and O–H groups in total. The molecule has 0 nitrogen and oxygen atoms in total. The smallest absolute Gasteiger partial charge is 1.00 e. The fourth-order valence-electron chi connectivity index (χ4n) is 6.18. The van der Waals surface area contributed by atoms with Crippen LogP contribution in [0.4, 0.5) is 0 Å². The first-order valence-corrected chi connectivity index (χ1v) is 19.8. The normalized spacial score (nSPS) is 28.8. The second-order valence-electron chi connectivity index (χ2n) is 10.5. The molecule has 0 amide bonds. The van der Waals surface area contributed by atoms with Crippen molar-refractivity contribution in [3.05, 3.63) is 46.6 Å². The minimum Gasteiger partial charge on any atom is -1.00 e. The van der Waals surface area contributed by atoms with Gasteiger partial charge in [0.15, 0.2) is 0 Å². The van der Waals surface area contributed by atoms with Crippen molar-refractivity contribution in [2.24, 2.45) is 10.8 Å². The second-order valence-corrected chi connectivity index (χ2v) is 28.6. The minimum absolute atomic E-state index is 0. The fraction of sp³-hybridized carbons (Fsp3) is 0.667. The van der Waals surface area contributed by atoms with E-state index in [9.17, 15) is 0 Å². The Balaban J connectivity index is 0.00000140. The van der Waals surface area contributed by atoms with Crippen LogP contribution in [-0.2, 0) is 20.4 Å².